The molecule has 2 N–H and O–H groups in total. The van der Waals surface area contributed by atoms with Crippen molar-refractivity contribution in [1.29, 1.82) is 0 Å². The standard InChI is InChI=1S/C13H26N2/c1-11-8-12(14)10-15(9-11)13-6-4-2-3-5-7-13/h11-13H,2-10,14H2,1H3. The van der Waals surface area contributed by atoms with Crippen LogP contribution in [0.5, 0.6) is 0 Å². The molecule has 1 aliphatic heterocycles. The van der Waals surface area contributed by atoms with Crippen LogP contribution in [0.3, 0.4) is 0 Å². The second-order valence-electron chi connectivity index (χ2n) is 5.70. The Morgan fingerprint density at radius 3 is 2.27 bits per heavy atom. The molecule has 1 saturated heterocycles. The summed E-state index contributed by atoms with van der Waals surface area (Å²) in [6.07, 6.45) is 9.83. The molecule has 2 atom stereocenters. The van der Waals surface area contributed by atoms with Crippen molar-refractivity contribution in [2.75, 3.05) is 13.1 Å². The van der Waals surface area contributed by atoms with Gasteiger partial charge in [-0.3, -0.25) is 4.90 Å². The predicted octanol–water partition coefficient (Wildman–Crippen LogP) is 2.38. The molecule has 0 spiro atoms. The van der Waals surface area contributed by atoms with Crippen LogP contribution >= 0.6 is 0 Å². The van der Waals surface area contributed by atoms with Crippen LogP contribution in [0, 0.1) is 5.92 Å². The monoisotopic (exact) mass is 210 g/mol. The van der Waals surface area contributed by atoms with E-state index in [9.17, 15) is 0 Å². The maximum atomic E-state index is 6.12. The van der Waals surface area contributed by atoms with Crippen LogP contribution in [0.2, 0.25) is 0 Å². The van der Waals surface area contributed by atoms with E-state index in [-0.39, 0.29) is 0 Å². The second-order valence-corrected chi connectivity index (χ2v) is 5.70. The lowest BCUT2D eigenvalue weighted by Gasteiger charge is -2.39. The quantitative estimate of drug-likeness (QED) is 0.673. The van der Waals surface area contributed by atoms with Gasteiger partial charge in [0.25, 0.3) is 0 Å². The van der Waals surface area contributed by atoms with Gasteiger partial charge in [-0.15, -0.1) is 0 Å². The van der Waals surface area contributed by atoms with Crippen molar-refractivity contribution in [3.05, 3.63) is 0 Å². The molecule has 1 saturated carbocycles. The summed E-state index contributed by atoms with van der Waals surface area (Å²) in [5.41, 5.74) is 6.12. The molecule has 0 aromatic heterocycles. The van der Waals surface area contributed by atoms with Crippen LogP contribution in [0.1, 0.15) is 51.9 Å². The van der Waals surface area contributed by atoms with Gasteiger partial charge in [-0.25, -0.2) is 0 Å². The molecule has 1 aliphatic carbocycles. The highest BCUT2D eigenvalue weighted by Crippen LogP contribution is 2.25. The first-order valence-electron chi connectivity index (χ1n) is 6.75. The van der Waals surface area contributed by atoms with Crippen molar-refractivity contribution < 1.29 is 0 Å². The first-order valence-corrected chi connectivity index (χ1v) is 6.75. The predicted molar refractivity (Wildman–Crippen MR) is 64.8 cm³/mol. The van der Waals surface area contributed by atoms with E-state index in [1.807, 2.05) is 0 Å². The van der Waals surface area contributed by atoms with E-state index in [0.29, 0.717) is 6.04 Å². The van der Waals surface area contributed by atoms with Gasteiger partial charge < -0.3 is 5.73 Å². The largest absolute Gasteiger partial charge is 0.327 e. The smallest absolute Gasteiger partial charge is 0.0170 e. The third-order valence-electron chi connectivity index (χ3n) is 4.06. The van der Waals surface area contributed by atoms with E-state index in [4.69, 9.17) is 5.73 Å². The molecule has 2 heteroatoms. The fourth-order valence-electron chi connectivity index (χ4n) is 3.36. The summed E-state index contributed by atoms with van der Waals surface area (Å²) in [6, 6.07) is 1.28. The molecule has 0 amide bonds. The Labute approximate surface area is 94.2 Å². The Kier molecular flexibility index (Phi) is 4.04. The molecule has 2 aliphatic rings. The highest BCUT2D eigenvalue weighted by molar-refractivity contribution is 4.84. The van der Waals surface area contributed by atoms with Gasteiger partial charge in [-0.2, -0.15) is 0 Å². The SMILES string of the molecule is CC1CC(N)CN(C2CCCCCC2)C1. The normalized spacial score (nSPS) is 36.4. The van der Waals surface area contributed by atoms with Crippen molar-refractivity contribution >= 4 is 0 Å². The van der Waals surface area contributed by atoms with Crippen LogP contribution in [-0.2, 0) is 0 Å². The molecular weight excluding hydrogens is 184 g/mol. The molecule has 2 unspecified atom stereocenters. The van der Waals surface area contributed by atoms with Crippen LogP contribution in [0.15, 0.2) is 0 Å². The molecule has 0 radical (unpaired) electrons. The lowest BCUT2D eigenvalue weighted by molar-refractivity contribution is 0.106. The van der Waals surface area contributed by atoms with E-state index < -0.39 is 0 Å². The summed E-state index contributed by atoms with van der Waals surface area (Å²) in [5.74, 6) is 0.803. The fourth-order valence-corrected chi connectivity index (χ4v) is 3.36. The summed E-state index contributed by atoms with van der Waals surface area (Å²) in [7, 11) is 0. The van der Waals surface area contributed by atoms with Gasteiger partial charge >= 0.3 is 0 Å². The third-order valence-corrected chi connectivity index (χ3v) is 4.06. The van der Waals surface area contributed by atoms with Gasteiger partial charge in [0.05, 0.1) is 0 Å². The zero-order valence-electron chi connectivity index (χ0n) is 10.1. The van der Waals surface area contributed by atoms with Gasteiger partial charge in [0, 0.05) is 25.2 Å². The Balaban J connectivity index is 1.89. The summed E-state index contributed by atoms with van der Waals surface area (Å²) in [4.78, 5) is 2.68. The van der Waals surface area contributed by atoms with Crippen LogP contribution in [0.4, 0.5) is 0 Å². The van der Waals surface area contributed by atoms with Gasteiger partial charge in [0.15, 0.2) is 0 Å². The molecule has 0 aromatic rings. The minimum Gasteiger partial charge on any atom is -0.327 e. The topological polar surface area (TPSA) is 29.3 Å². The molecule has 2 rings (SSSR count). The molecule has 2 nitrogen and oxygen atoms in total. The first kappa shape index (κ1) is 11.4. The molecule has 2 fully saturated rings. The average Bonchev–Trinajstić information content (AvgIpc) is 2.43. The minimum absolute atomic E-state index is 0.428. The molecule has 0 aromatic carbocycles. The van der Waals surface area contributed by atoms with E-state index >= 15 is 0 Å². The zero-order valence-corrected chi connectivity index (χ0v) is 10.1. The lowest BCUT2D eigenvalue weighted by atomic mass is 9.93. The average molecular weight is 210 g/mol. The van der Waals surface area contributed by atoms with Crippen LogP contribution in [-0.4, -0.2) is 30.1 Å². The summed E-state index contributed by atoms with van der Waals surface area (Å²) in [5, 5.41) is 0. The highest BCUT2D eigenvalue weighted by Gasteiger charge is 2.27. The molecular formula is C13H26N2. The molecule has 88 valence electrons. The molecule has 15 heavy (non-hydrogen) atoms. The van der Waals surface area contributed by atoms with Gasteiger partial charge in [-0.05, 0) is 25.2 Å². The number of hydrogen-bond acceptors (Lipinski definition) is 2. The number of rotatable bonds is 1. The van der Waals surface area contributed by atoms with Crippen molar-refractivity contribution in [3.8, 4) is 0 Å². The third kappa shape index (κ3) is 3.18. The Morgan fingerprint density at radius 1 is 1.00 bits per heavy atom. The Bertz CT molecular complexity index is 175. The van der Waals surface area contributed by atoms with Gasteiger partial charge in [0.1, 0.15) is 0 Å². The van der Waals surface area contributed by atoms with Crippen molar-refractivity contribution in [1.82, 2.24) is 4.90 Å². The Morgan fingerprint density at radius 2 is 1.67 bits per heavy atom. The van der Waals surface area contributed by atoms with E-state index in [0.717, 1.165) is 18.5 Å². The number of nitrogens with two attached hydrogens (primary N) is 1. The van der Waals surface area contributed by atoms with E-state index in [2.05, 4.69) is 11.8 Å². The maximum Gasteiger partial charge on any atom is 0.0170 e. The zero-order chi connectivity index (χ0) is 10.7. The minimum atomic E-state index is 0.428. The summed E-state index contributed by atoms with van der Waals surface area (Å²) >= 11 is 0. The first-order chi connectivity index (χ1) is 7.25. The summed E-state index contributed by atoms with van der Waals surface area (Å²) < 4.78 is 0. The van der Waals surface area contributed by atoms with E-state index in [1.54, 1.807) is 0 Å². The van der Waals surface area contributed by atoms with E-state index in [1.165, 1.54) is 51.5 Å². The van der Waals surface area contributed by atoms with Gasteiger partial charge in [-0.1, -0.05) is 32.6 Å². The molecule has 1 heterocycles. The van der Waals surface area contributed by atoms with Crippen LogP contribution in [0.25, 0.3) is 0 Å². The molecule has 0 bridgehead atoms. The Hall–Kier alpha value is -0.0800. The summed E-state index contributed by atoms with van der Waals surface area (Å²) in [6.45, 7) is 4.79. The fraction of sp³-hybridized carbons (Fsp3) is 1.00. The number of likely N-dealkylation sites (tertiary alicyclic amines) is 1. The van der Waals surface area contributed by atoms with Crippen LogP contribution < -0.4 is 5.73 Å². The van der Waals surface area contributed by atoms with Crippen molar-refractivity contribution in [2.24, 2.45) is 11.7 Å². The highest BCUT2D eigenvalue weighted by atomic mass is 15.2. The maximum absolute atomic E-state index is 6.12. The lowest BCUT2D eigenvalue weighted by Crippen LogP contribution is -2.50. The van der Waals surface area contributed by atoms with Crippen molar-refractivity contribution in [2.45, 2.75) is 64.0 Å². The number of nitrogens with zero attached hydrogens (tertiary/aromatic N) is 1. The van der Waals surface area contributed by atoms with Gasteiger partial charge in [0.2, 0.25) is 0 Å². The number of hydrogen-bond donors (Lipinski definition) is 1. The van der Waals surface area contributed by atoms with Crippen molar-refractivity contribution in [3.63, 3.8) is 0 Å². The number of piperidine rings is 1. The second kappa shape index (κ2) is 5.31.